The van der Waals surface area contributed by atoms with Gasteiger partial charge in [0.15, 0.2) is 11.6 Å². The third kappa shape index (κ3) is 2.71. The van der Waals surface area contributed by atoms with Crippen LogP contribution in [0.5, 0.6) is 0 Å². The zero-order valence-corrected chi connectivity index (χ0v) is 8.90. The monoisotopic (exact) mass is 201 g/mol. The fourth-order valence-corrected chi connectivity index (χ4v) is 0.983. The molecular formula is C11H11N3O. The van der Waals surface area contributed by atoms with Gasteiger partial charge in [0, 0.05) is 13.1 Å². The lowest BCUT2D eigenvalue weighted by atomic mass is 10.2. The maximum atomic E-state index is 11.0. The first-order valence-electron chi connectivity index (χ1n) is 4.47. The smallest absolute Gasteiger partial charge is 0.173 e. The van der Waals surface area contributed by atoms with Crippen LogP contribution in [0.2, 0.25) is 0 Å². The summed E-state index contributed by atoms with van der Waals surface area (Å²) >= 11 is 0. The number of aliphatic imine (C=N–C) groups is 1. The zero-order valence-electron chi connectivity index (χ0n) is 8.90. The van der Waals surface area contributed by atoms with Gasteiger partial charge in [-0.1, -0.05) is 0 Å². The van der Waals surface area contributed by atoms with E-state index in [-0.39, 0.29) is 5.78 Å². The number of rotatable bonds is 2. The number of hydrogen-bond acceptors (Lipinski definition) is 4. The molecule has 0 atom stereocenters. The molecule has 4 nitrogen and oxygen atoms in total. The van der Waals surface area contributed by atoms with Crippen LogP contribution in [-0.4, -0.2) is 16.5 Å². The summed E-state index contributed by atoms with van der Waals surface area (Å²) in [5.74, 6) is 0.405. The van der Waals surface area contributed by atoms with Crippen molar-refractivity contribution in [2.45, 2.75) is 20.8 Å². The number of Topliss-reactive ketones (excluding diaryl/α,β-unsaturated/α-hetero) is 1. The first kappa shape index (κ1) is 11.1. The molecule has 76 valence electrons. The molecule has 15 heavy (non-hydrogen) atoms. The van der Waals surface area contributed by atoms with Gasteiger partial charge < -0.3 is 0 Å². The van der Waals surface area contributed by atoms with Crippen LogP contribution in [0.15, 0.2) is 17.3 Å². The summed E-state index contributed by atoms with van der Waals surface area (Å²) in [6, 6.07) is 3.69. The van der Waals surface area contributed by atoms with Crippen LogP contribution in [-0.2, 0) is 4.79 Å². The number of carbonyl (C=O) groups is 1. The van der Waals surface area contributed by atoms with Gasteiger partial charge in [-0.3, -0.25) is 4.79 Å². The Balaban J connectivity index is 3.14. The van der Waals surface area contributed by atoms with Crippen molar-refractivity contribution >= 4 is 17.3 Å². The largest absolute Gasteiger partial charge is 0.293 e. The van der Waals surface area contributed by atoms with Crippen LogP contribution >= 0.6 is 0 Å². The second-order valence-corrected chi connectivity index (χ2v) is 3.23. The molecule has 4 heteroatoms. The highest BCUT2D eigenvalue weighted by Gasteiger charge is 2.03. The van der Waals surface area contributed by atoms with Crippen molar-refractivity contribution in [1.82, 2.24) is 4.98 Å². The van der Waals surface area contributed by atoms with E-state index in [9.17, 15) is 4.79 Å². The van der Waals surface area contributed by atoms with E-state index in [2.05, 4.69) is 9.98 Å². The van der Waals surface area contributed by atoms with Crippen LogP contribution in [0.3, 0.4) is 0 Å². The van der Waals surface area contributed by atoms with Gasteiger partial charge in [-0.2, -0.15) is 5.26 Å². The minimum absolute atomic E-state index is 0.0828. The van der Waals surface area contributed by atoms with E-state index in [0.29, 0.717) is 17.1 Å². The Kier molecular flexibility index (Phi) is 3.29. The van der Waals surface area contributed by atoms with Gasteiger partial charge in [-0.25, -0.2) is 9.98 Å². The highest BCUT2D eigenvalue weighted by atomic mass is 16.1. The molecule has 1 heterocycles. The molecule has 0 spiro atoms. The number of aryl methyl sites for hydroxylation is 1. The third-order valence-electron chi connectivity index (χ3n) is 1.96. The fraction of sp³-hybridized carbons (Fsp3) is 0.273. The van der Waals surface area contributed by atoms with E-state index >= 15 is 0 Å². The molecule has 0 aliphatic heterocycles. The minimum atomic E-state index is -0.0828. The van der Waals surface area contributed by atoms with Crippen molar-refractivity contribution in [2.24, 2.45) is 4.99 Å². The summed E-state index contributed by atoms with van der Waals surface area (Å²) in [5.41, 5.74) is 1.69. The van der Waals surface area contributed by atoms with Crippen LogP contribution in [0.25, 0.3) is 0 Å². The van der Waals surface area contributed by atoms with Gasteiger partial charge in [0.25, 0.3) is 0 Å². The predicted octanol–water partition coefficient (Wildman–Crippen LogP) is 1.94. The molecular weight excluding hydrogens is 190 g/mol. The normalized spacial score (nSPS) is 10.9. The molecule has 0 aliphatic rings. The SMILES string of the molecule is CC(=O)C(C)=Nc1ncc(C#N)cc1C. The van der Waals surface area contributed by atoms with E-state index in [1.807, 2.05) is 6.07 Å². The first-order chi connectivity index (χ1) is 7.04. The Morgan fingerprint density at radius 3 is 2.67 bits per heavy atom. The second-order valence-electron chi connectivity index (χ2n) is 3.23. The molecule has 1 aromatic heterocycles. The van der Waals surface area contributed by atoms with Crippen molar-refractivity contribution in [2.75, 3.05) is 0 Å². The summed E-state index contributed by atoms with van der Waals surface area (Å²) in [6.45, 7) is 4.90. The number of nitriles is 1. The van der Waals surface area contributed by atoms with Crippen LogP contribution in [0.4, 0.5) is 5.82 Å². The molecule has 1 rings (SSSR count). The Labute approximate surface area is 88.3 Å². The van der Waals surface area contributed by atoms with E-state index in [4.69, 9.17) is 5.26 Å². The maximum absolute atomic E-state index is 11.0. The second kappa shape index (κ2) is 4.47. The van der Waals surface area contributed by atoms with E-state index in [0.717, 1.165) is 5.56 Å². The summed E-state index contributed by atoms with van der Waals surface area (Å²) in [7, 11) is 0. The topological polar surface area (TPSA) is 66.1 Å². The molecule has 0 N–H and O–H groups in total. The number of pyridine rings is 1. The number of ketones is 1. The van der Waals surface area contributed by atoms with Crippen molar-refractivity contribution in [3.05, 3.63) is 23.4 Å². The first-order valence-corrected chi connectivity index (χ1v) is 4.47. The summed E-state index contributed by atoms with van der Waals surface area (Å²) in [6.07, 6.45) is 1.44. The molecule has 0 saturated heterocycles. The van der Waals surface area contributed by atoms with Gasteiger partial charge >= 0.3 is 0 Å². The van der Waals surface area contributed by atoms with E-state index < -0.39 is 0 Å². The number of nitrogens with zero attached hydrogens (tertiary/aromatic N) is 3. The average molecular weight is 201 g/mol. The molecule has 0 aliphatic carbocycles. The maximum Gasteiger partial charge on any atom is 0.173 e. The van der Waals surface area contributed by atoms with Crippen LogP contribution < -0.4 is 0 Å². The minimum Gasteiger partial charge on any atom is -0.293 e. The lowest BCUT2D eigenvalue weighted by molar-refractivity contribution is -0.111. The van der Waals surface area contributed by atoms with Crippen molar-refractivity contribution in [3.8, 4) is 6.07 Å². The molecule has 0 aromatic carbocycles. The molecule has 1 aromatic rings. The molecule has 0 amide bonds. The molecule has 0 saturated carbocycles. The highest BCUT2D eigenvalue weighted by molar-refractivity contribution is 6.38. The summed E-state index contributed by atoms with van der Waals surface area (Å²) in [5, 5.41) is 8.64. The standard InChI is InChI=1S/C11H11N3O/c1-7-4-10(5-12)6-13-11(7)14-8(2)9(3)15/h4,6H,1-3H3. The number of aromatic nitrogens is 1. The summed E-state index contributed by atoms with van der Waals surface area (Å²) < 4.78 is 0. The summed E-state index contributed by atoms with van der Waals surface area (Å²) in [4.78, 5) is 19.1. The molecule has 0 fully saturated rings. The Hall–Kier alpha value is -2.02. The van der Waals surface area contributed by atoms with Gasteiger partial charge in [-0.15, -0.1) is 0 Å². The Bertz CT molecular complexity index is 469. The zero-order chi connectivity index (χ0) is 11.4. The molecule has 0 bridgehead atoms. The van der Waals surface area contributed by atoms with E-state index in [1.54, 1.807) is 19.9 Å². The van der Waals surface area contributed by atoms with Gasteiger partial charge in [0.05, 0.1) is 11.3 Å². The number of carbonyl (C=O) groups excluding carboxylic acids is 1. The fourth-order valence-electron chi connectivity index (χ4n) is 0.983. The van der Waals surface area contributed by atoms with Crippen LogP contribution in [0.1, 0.15) is 25.0 Å². The van der Waals surface area contributed by atoms with Crippen molar-refractivity contribution in [3.63, 3.8) is 0 Å². The number of hydrogen-bond donors (Lipinski definition) is 0. The van der Waals surface area contributed by atoms with Crippen molar-refractivity contribution in [1.29, 1.82) is 5.26 Å². The van der Waals surface area contributed by atoms with Gasteiger partial charge in [-0.05, 0) is 25.5 Å². The average Bonchev–Trinajstić information content (AvgIpc) is 2.20. The Morgan fingerprint density at radius 1 is 1.53 bits per heavy atom. The van der Waals surface area contributed by atoms with E-state index in [1.165, 1.54) is 13.1 Å². The lowest BCUT2D eigenvalue weighted by Gasteiger charge is -2.00. The predicted molar refractivity (Wildman–Crippen MR) is 57.1 cm³/mol. The van der Waals surface area contributed by atoms with Crippen molar-refractivity contribution < 1.29 is 4.79 Å². The highest BCUT2D eigenvalue weighted by Crippen LogP contribution is 2.15. The lowest BCUT2D eigenvalue weighted by Crippen LogP contribution is -2.03. The molecule has 0 radical (unpaired) electrons. The van der Waals surface area contributed by atoms with Crippen LogP contribution in [0, 0.1) is 18.3 Å². The van der Waals surface area contributed by atoms with Gasteiger partial charge in [0.2, 0.25) is 0 Å². The Morgan fingerprint density at radius 2 is 2.20 bits per heavy atom. The van der Waals surface area contributed by atoms with Gasteiger partial charge in [0.1, 0.15) is 6.07 Å². The quantitative estimate of drug-likeness (QED) is 0.687. The molecule has 0 unspecified atom stereocenters. The third-order valence-corrected chi connectivity index (χ3v) is 1.96.